The first-order chi connectivity index (χ1) is 17.6. The second kappa shape index (κ2) is 10.5. The van der Waals surface area contributed by atoms with Crippen molar-refractivity contribution in [1.82, 2.24) is 24.7 Å². The fourth-order valence-electron chi connectivity index (χ4n) is 4.47. The van der Waals surface area contributed by atoms with E-state index in [1.807, 2.05) is 17.0 Å². The zero-order chi connectivity index (χ0) is 25.1. The first kappa shape index (κ1) is 23.9. The number of carbonyl (C=O) groups is 1. The van der Waals surface area contributed by atoms with E-state index in [4.69, 9.17) is 24.9 Å². The molecular formula is C24H30N8O4. The fourth-order valence-corrected chi connectivity index (χ4v) is 4.47. The number of nitrogen functional groups attached to an aromatic ring is 1. The van der Waals surface area contributed by atoms with Crippen LogP contribution in [0.1, 0.15) is 22.3 Å². The minimum Gasteiger partial charge on any atom is -0.491 e. The minimum atomic E-state index is -0.307. The largest absolute Gasteiger partial charge is 0.491 e. The number of fused-ring (bicyclic) bond motifs is 3. The van der Waals surface area contributed by atoms with Crippen LogP contribution < -0.4 is 15.2 Å². The number of guanidine groups is 1. The summed E-state index contributed by atoms with van der Waals surface area (Å²) < 4.78 is 17.3. The number of nitrogens with two attached hydrogens (primary N) is 1. The average Bonchev–Trinajstić information content (AvgIpc) is 3.41. The molecule has 3 aliphatic rings. The Bertz CT molecular complexity index is 1180. The molecule has 0 spiro atoms. The lowest BCUT2D eigenvalue weighted by Gasteiger charge is -2.32. The summed E-state index contributed by atoms with van der Waals surface area (Å²) in [5.41, 5.74) is 7.30. The molecule has 2 aromatic rings. The van der Waals surface area contributed by atoms with Gasteiger partial charge < -0.3 is 19.9 Å². The van der Waals surface area contributed by atoms with Crippen molar-refractivity contribution in [3.05, 3.63) is 35.7 Å². The van der Waals surface area contributed by atoms with E-state index in [1.165, 1.54) is 17.3 Å². The Morgan fingerprint density at radius 2 is 1.97 bits per heavy atom. The zero-order valence-corrected chi connectivity index (χ0v) is 20.5. The van der Waals surface area contributed by atoms with Crippen molar-refractivity contribution in [3.8, 4) is 11.5 Å². The highest BCUT2D eigenvalue weighted by molar-refractivity contribution is 6.19. The Labute approximate surface area is 209 Å². The molecule has 3 aliphatic heterocycles. The topological polar surface area (TPSA) is 131 Å². The Morgan fingerprint density at radius 1 is 1.19 bits per heavy atom. The number of carbonyl (C=O) groups excluding carboxylic acids is 1. The third kappa shape index (κ3) is 4.69. The predicted molar refractivity (Wildman–Crippen MR) is 134 cm³/mol. The van der Waals surface area contributed by atoms with Crippen LogP contribution in [0, 0.1) is 0 Å². The summed E-state index contributed by atoms with van der Waals surface area (Å²) in [5, 5.41) is 0. The normalized spacial score (nSPS) is 17.1. The first-order valence-electron chi connectivity index (χ1n) is 12.0. The van der Waals surface area contributed by atoms with Gasteiger partial charge in [0.25, 0.3) is 5.91 Å². The molecule has 1 saturated heterocycles. The van der Waals surface area contributed by atoms with Crippen molar-refractivity contribution in [3.63, 3.8) is 0 Å². The van der Waals surface area contributed by atoms with Crippen LogP contribution in [0.25, 0.3) is 0 Å². The third-order valence-electron chi connectivity index (χ3n) is 6.34. The van der Waals surface area contributed by atoms with Gasteiger partial charge in [0.1, 0.15) is 11.5 Å². The van der Waals surface area contributed by atoms with Crippen molar-refractivity contribution in [2.45, 2.75) is 6.42 Å². The average molecular weight is 495 g/mol. The van der Waals surface area contributed by atoms with Gasteiger partial charge >= 0.3 is 0 Å². The van der Waals surface area contributed by atoms with Crippen LogP contribution in [-0.4, -0.2) is 109 Å². The second-order valence-electron chi connectivity index (χ2n) is 8.61. The number of hydrogen-bond donors (Lipinski definition) is 1. The maximum Gasteiger partial charge on any atom is 0.263 e. The second-order valence-corrected chi connectivity index (χ2v) is 8.61. The van der Waals surface area contributed by atoms with Gasteiger partial charge in [0.2, 0.25) is 11.9 Å². The molecule has 0 saturated carbocycles. The maximum absolute atomic E-state index is 13.2. The summed E-state index contributed by atoms with van der Waals surface area (Å²) in [6.07, 6.45) is 3.69. The molecule has 5 rings (SSSR count). The van der Waals surface area contributed by atoms with Crippen LogP contribution in [0.4, 0.5) is 11.6 Å². The smallest absolute Gasteiger partial charge is 0.263 e. The summed E-state index contributed by atoms with van der Waals surface area (Å²) >= 11 is 0. The number of morpholine rings is 1. The Morgan fingerprint density at radius 3 is 2.72 bits per heavy atom. The highest BCUT2D eigenvalue weighted by Crippen LogP contribution is 2.43. The van der Waals surface area contributed by atoms with Gasteiger partial charge in [-0.05, 0) is 18.6 Å². The fraction of sp³-hybridized carbons (Fsp3) is 0.458. The summed E-state index contributed by atoms with van der Waals surface area (Å²) in [6, 6.07) is 3.84. The van der Waals surface area contributed by atoms with Gasteiger partial charge in [0.05, 0.1) is 39.0 Å². The van der Waals surface area contributed by atoms with Gasteiger partial charge in [0, 0.05) is 51.2 Å². The lowest BCUT2D eigenvalue weighted by Crippen LogP contribution is -2.48. The molecule has 1 amide bonds. The maximum atomic E-state index is 13.2. The molecule has 36 heavy (non-hydrogen) atoms. The molecule has 1 aromatic heterocycles. The molecule has 0 bridgehead atoms. The van der Waals surface area contributed by atoms with E-state index in [1.54, 1.807) is 14.2 Å². The van der Waals surface area contributed by atoms with Crippen molar-refractivity contribution >= 4 is 29.3 Å². The predicted octanol–water partition coefficient (Wildman–Crippen LogP) is 1.00. The summed E-state index contributed by atoms with van der Waals surface area (Å²) in [5.74, 6) is 2.12. The summed E-state index contributed by atoms with van der Waals surface area (Å²) in [4.78, 5) is 36.3. The minimum absolute atomic E-state index is 0.106. The van der Waals surface area contributed by atoms with Gasteiger partial charge in [-0.25, -0.2) is 15.0 Å². The quantitative estimate of drug-likeness (QED) is 0.560. The number of amides is 1. The number of nitrogens with zero attached hydrogens (tertiary/aromatic N) is 7. The number of amidine groups is 1. The molecule has 0 atom stereocenters. The van der Waals surface area contributed by atoms with E-state index in [0.717, 1.165) is 50.7 Å². The van der Waals surface area contributed by atoms with E-state index in [9.17, 15) is 4.79 Å². The standard InChI is InChI=1S/C24H30N8O4/c1-30(22(33)16-14-27-23(25)28-15-16)24-29-19-17(21-26-6-8-32(21)24)4-5-18(20(19)34-2)36-11-3-7-31-9-12-35-13-10-31/h4-5,14-15H,3,6-13H2,1-2H3,(H2,25,27,28). The van der Waals surface area contributed by atoms with Crippen LogP contribution in [0.5, 0.6) is 11.5 Å². The first-order valence-corrected chi connectivity index (χ1v) is 12.0. The van der Waals surface area contributed by atoms with Crippen molar-refractivity contribution in [2.24, 2.45) is 9.98 Å². The molecule has 12 heteroatoms. The van der Waals surface area contributed by atoms with Crippen molar-refractivity contribution in [2.75, 3.05) is 72.4 Å². The van der Waals surface area contributed by atoms with Crippen molar-refractivity contribution < 1.29 is 19.0 Å². The molecule has 190 valence electrons. The van der Waals surface area contributed by atoms with Gasteiger partial charge in [0.15, 0.2) is 11.5 Å². The number of rotatable bonds is 7. The number of hydrogen-bond acceptors (Lipinski definition) is 11. The Kier molecular flexibility index (Phi) is 6.96. The number of aliphatic imine (C=N–C) groups is 2. The SMILES string of the molecule is COc1c(OCCCN2CCOCC2)ccc2c1N=C(N(C)C(=O)c1cnc(N)nc1)N1CCN=C21. The van der Waals surface area contributed by atoms with E-state index < -0.39 is 0 Å². The molecule has 0 aliphatic carbocycles. The number of ether oxygens (including phenoxy) is 3. The Hall–Kier alpha value is -3.77. The Balaban J connectivity index is 1.39. The zero-order valence-electron chi connectivity index (χ0n) is 20.5. The molecule has 2 N–H and O–H groups in total. The molecular weight excluding hydrogens is 464 g/mol. The number of anilines is 1. The van der Waals surface area contributed by atoms with Crippen LogP contribution >= 0.6 is 0 Å². The molecule has 1 aromatic carbocycles. The monoisotopic (exact) mass is 494 g/mol. The van der Waals surface area contributed by atoms with Gasteiger partial charge in [-0.1, -0.05) is 0 Å². The highest BCUT2D eigenvalue weighted by Gasteiger charge is 2.35. The number of aromatic nitrogens is 2. The molecule has 0 radical (unpaired) electrons. The molecule has 1 fully saturated rings. The summed E-state index contributed by atoms with van der Waals surface area (Å²) in [7, 11) is 3.26. The lowest BCUT2D eigenvalue weighted by atomic mass is 10.1. The number of benzene rings is 1. The highest BCUT2D eigenvalue weighted by atomic mass is 16.5. The molecule has 4 heterocycles. The molecule has 0 unspecified atom stereocenters. The number of methoxy groups -OCH3 is 1. The van der Waals surface area contributed by atoms with Crippen LogP contribution in [0.15, 0.2) is 34.5 Å². The van der Waals surface area contributed by atoms with E-state index >= 15 is 0 Å². The van der Waals surface area contributed by atoms with Gasteiger partial charge in [-0.15, -0.1) is 0 Å². The van der Waals surface area contributed by atoms with Crippen LogP contribution in [0.2, 0.25) is 0 Å². The lowest BCUT2D eigenvalue weighted by molar-refractivity contribution is 0.0357. The van der Waals surface area contributed by atoms with E-state index in [-0.39, 0.29) is 11.9 Å². The van der Waals surface area contributed by atoms with E-state index in [2.05, 4.69) is 19.9 Å². The molecule has 12 nitrogen and oxygen atoms in total. The van der Waals surface area contributed by atoms with Crippen LogP contribution in [-0.2, 0) is 4.74 Å². The summed E-state index contributed by atoms with van der Waals surface area (Å²) in [6.45, 7) is 6.18. The van der Waals surface area contributed by atoms with Crippen LogP contribution in [0.3, 0.4) is 0 Å². The van der Waals surface area contributed by atoms with Crippen molar-refractivity contribution in [1.29, 1.82) is 0 Å². The van der Waals surface area contributed by atoms with E-state index in [0.29, 0.717) is 48.4 Å². The third-order valence-corrected chi connectivity index (χ3v) is 6.34. The van der Waals surface area contributed by atoms with Gasteiger partial charge in [-0.2, -0.15) is 0 Å². The van der Waals surface area contributed by atoms with Gasteiger partial charge in [-0.3, -0.25) is 24.5 Å².